The predicted octanol–water partition coefficient (Wildman–Crippen LogP) is 2.87. The molecule has 1 unspecified atom stereocenters. The molecule has 1 heterocycles. The third-order valence-electron chi connectivity index (χ3n) is 3.41. The fourth-order valence-electron chi connectivity index (χ4n) is 2.30. The molecule has 1 N–H and O–H groups in total. The molecule has 1 aromatic heterocycles. The molecule has 5 nitrogen and oxygen atoms in total. The number of amides is 1. The van der Waals surface area contributed by atoms with Gasteiger partial charge in [-0.25, -0.2) is 4.98 Å². The van der Waals surface area contributed by atoms with Crippen LogP contribution in [0.25, 0.3) is 11.0 Å². The lowest BCUT2D eigenvalue weighted by Crippen LogP contribution is -2.32. The number of nitrogens with one attached hydrogen (secondary N) is 1. The summed E-state index contributed by atoms with van der Waals surface area (Å²) in [5.74, 6) is 1.64. The van der Waals surface area contributed by atoms with Gasteiger partial charge in [0.1, 0.15) is 17.6 Å². The number of alkyl halides is 1. The lowest BCUT2D eigenvalue weighted by molar-refractivity contribution is -0.123. The molecule has 1 amide bonds. The lowest BCUT2D eigenvalue weighted by atomic mass is 10.2. The Balaban J connectivity index is 2.43. The Hall–Kier alpha value is -1.75. The highest BCUT2D eigenvalue weighted by atomic mass is 35.5. The number of carbonyl (C=O) groups is 1. The number of benzene rings is 1. The van der Waals surface area contributed by atoms with Gasteiger partial charge in [0, 0.05) is 12.6 Å². The number of hydrogen-bond acceptors (Lipinski definition) is 3. The van der Waals surface area contributed by atoms with E-state index in [-0.39, 0.29) is 17.8 Å². The minimum atomic E-state index is -0.358. The van der Waals surface area contributed by atoms with Crippen LogP contribution in [-0.4, -0.2) is 29.1 Å². The van der Waals surface area contributed by atoms with Gasteiger partial charge in [-0.2, -0.15) is 0 Å². The van der Waals surface area contributed by atoms with Crippen molar-refractivity contribution in [3.05, 3.63) is 24.0 Å². The van der Waals surface area contributed by atoms with Crippen LogP contribution in [0.1, 0.15) is 32.1 Å². The smallest absolute Gasteiger partial charge is 0.242 e. The summed E-state index contributed by atoms with van der Waals surface area (Å²) in [5.41, 5.74) is 1.66. The fraction of sp³-hybridized carbons (Fsp3) is 0.467. The van der Waals surface area contributed by atoms with Gasteiger partial charge in [-0.15, -0.1) is 11.6 Å². The second-order valence-electron chi connectivity index (χ2n) is 4.85. The first-order chi connectivity index (χ1) is 10.1. The number of carbonyl (C=O) groups excluding carboxylic acids is 1. The Kier molecular flexibility index (Phi) is 5.07. The van der Waals surface area contributed by atoms with Crippen LogP contribution in [0, 0.1) is 0 Å². The number of nitrogens with zero attached hydrogens (tertiary/aromatic N) is 2. The van der Waals surface area contributed by atoms with Gasteiger partial charge in [0.15, 0.2) is 0 Å². The highest BCUT2D eigenvalue weighted by molar-refractivity contribution is 6.17. The topological polar surface area (TPSA) is 56.2 Å². The first-order valence-corrected chi connectivity index (χ1v) is 7.54. The van der Waals surface area contributed by atoms with Gasteiger partial charge >= 0.3 is 0 Å². The lowest BCUT2D eigenvalue weighted by Gasteiger charge is -2.16. The molecular weight excluding hydrogens is 290 g/mol. The average molecular weight is 310 g/mol. The highest BCUT2D eigenvalue weighted by Crippen LogP contribution is 2.26. The summed E-state index contributed by atoms with van der Waals surface area (Å²) < 4.78 is 7.09. The molecule has 0 aliphatic heterocycles. The molecule has 2 rings (SSSR count). The quantitative estimate of drug-likeness (QED) is 0.835. The van der Waals surface area contributed by atoms with Crippen LogP contribution in [0.4, 0.5) is 0 Å². The number of methoxy groups -OCH3 is 1. The number of rotatable bonds is 6. The normalized spacial score (nSPS) is 12.4. The van der Waals surface area contributed by atoms with E-state index in [2.05, 4.69) is 10.3 Å². The minimum absolute atomic E-state index is 0.0293. The van der Waals surface area contributed by atoms with Crippen molar-refractivity contribution < 1.29 is 9.53 Å². The molecule has 1 aromatic carbocycles. The van der Waals surface area contributed by atoms with Gasteiger partial charge in [-0.3, -0.25) is 4.79 Å². The van der Waals surface area contributed by atoms with Crippen LogP contribution in [0.15, 0.2) is 18.2 Å². The van der Waals surface area contributed by atoms with Crippen LogP contribution in [-0.2, 0) is 10.7 Å². The van der Waals surface area contributed by atoms with E-state index in [1.807, 2.05) is 36.6 Å². The van der Waals surface area contributed by atoms with Gasteiger partial charge < -0.3 is 14.6 Å². The zero-order chi connectivity index (χ0) is 15.4. The summed E-state index contributed by atoms with van der Waals surface area (Å²) in [6, 6.07) is 5.25. The summed E-state index contributed by atoms with van der Waals surface area (Å²) in [5, 5.41) is 2.90. The van der Waals surface area contributed by atoms with Gasteiger partial charge in [-0.1, -0.05) is 6.92 Å². The number of hydrogen-bond donors (Lipinski definition) is 1. The van der Waals surface area contributed by atoms with E-state index in [4.69, 9.17) is 16.3 Å². The van der Waals surface area contributed by atoms with E-state index in [0.717, 1.165) is 23.2 Å². The van der Waals surface area contributed by atoms with E-state index < -0.39 is 0 Å². The van der Waals surface area contributed by atoms with Crippen molar-refractivity contribution in [2.24, 2.45) is 0 Å². The highest BCUT2D eigenvalue weighted by Gasteiger charge is 2.21. The fourth-order valence-corrected chi connectivity index (χ4v) is 2.48. The maximum atomic E-state index is 12.2. The average Bonchev–Trinajstić information content (AvgIpc) is 2.88. The number of halogens is 1. The van der Waals surface area contributed by atoms with Crippen molar-refractivity contribution in [1.29, 1.82) is 0 Å². The second kappa shape index (κ2) is 6.80. The van der Waals surface area contributed by atoms with Gasteiger partial charge in [0.25, 0.3) is 0 Å². The van der Waals surface area contributed by atoms with Crippen LogP contribution >= 0.6 is 11.6 Å². The van der Waals surface area contributed by atoms with E-state index in [1.165, 1.54) is 0 Å². The van der Waals surface area contributed by atoms with Crippen LogP contribution in [0.5, 0.6) is 5.75 Å². The summed E-state index contributed by atoms with van der Waals surface area (Å²) in [7, 11) is 1.61. The third kappa shape index (κ3) is 3.13. The number of aromatic nitrogens is 2. The molecule has 21 heavy (non-hydrogen) atoms. The predicted molar refractivity (Wildman–Crippen MR) is 83.9 cm³/mol. The second-order valence-corrected chi connectivity index (χ2v) is 5.12. The first kappa shape index (κ1) is 15.6. The van der Waals surface area contributed by atoms with Gasteiger partial charge in [-0.05, 0) is 25.5 Å². The van der Waals surface area contributed by atoms with E-state index >= 15 is 0 Å². The zero-order valence-corrected chi connectivity index (χ0v) is 13.3. The molecule has 0 bridgehead atoms. The van der Waals surface area contributed by atoms with Crippen LogP contribution in [0.3, 0.4) is 0 Å². The Bertz CT molecular complexity index is 639. The van der Waals surface area contributed by atoms with Crippen molar-refractivity contribution in [3.63, 3.8) is 0 Å². The van der Waals surface area contributed by atoms with Crippen molar-refractivity contribution in [2.75, 3.05) is 13.7 Å². The first-order valence-electron chi connectivity index (χ1n) is 7.00. The molecule has 0 fully saturated rings. The molecule has 114 valence electrons. The number of fused-ring (bicyclic) bond motifs is 1. The zero-order valence-electron chi connectivity index (χ0n) is 12.5. The molecule has 6 heteroatoms. The molecule has 0 aliphatic rings. The Labute approximate surface area is 129 Å². The molecule has 0 radical (unpaired) electrons. The van der Waals surface area contributed by atoms with E-state index in [0.29, 0.717) is 12.4 Å². The summed E-state index contributed by atoms with van der Waals surface area (Å²) >= 11 is 5.98. The van der Waals surface area contributed by atoms with Crippen molar-refractivity contribution in [1.82, 2.24) is 14.9 Å². The Morgan fingerprint density at radius 2 is 2.29 bits per heavy atom. The SMILES string of the molecule is CCCNC(=O)C(C)n1c(CCl)nc2cc(OC)ccc21. The maximum Gasteiger partial charge on any atom is 0.242 e. The summed E-state index contributed by atoms with van der Waals surface area (Å²) in [6.45, 7) is 4.54. The van der Waals surface area contributed by atoms with E-state index in [9.17, 15) is 4.79 Å². The van der Waals surface area contributed by atoms with Crippen LogP contribution < -0.4 is 10.1 Å². The Morgan fingerprint density at radius 1 is 1.52 bits per heavy atom. The van der Waals surface area contributed by atoms with Crippen molar-refractivity contribution in [2.45, 2.75) is 32.2 Å². The number of imidazole rings is 1. The van der Waals surface area contributed by atoms with E-state index in [1.54, 1.807) is 7.11 Å². The molecular formula is C15H20ClN3O2. The van der Waals surface area contributed by atoms with Crippen molar-refractivity contribution in [3.8, 4) is 5.75 Å². The standard InChI is InChI=1S/C15H20ClN3O2/c1-4-7-17-15(20)10(2)19-13-6-5-11(21-3)8-12(13)18-14(19)9-16/h5-6,8,10H,4,7,9H2,1-3H3,(H,17,20). The third-order valence-corrected chi connectivity index (χ3v) is 3.64. The number of ether oxygens (including phenoxy) is 1. The van der Waals surface area contributed by atoms with Gasteiger partial charge in [0.05, 0.1) is 24.0 Å². The molecule has 0 saturated heterocycles. The molecule has 2 aromatic rings. The maximum absolute atomic E-state index is 12.2. The van der Waals surface area contributed by atoms with Crippen LogP contribution in [0.2, 0.25) is 0 Å². The largest absolute Gasteiger partial charge is 0.497 e. The summed E-state index contributed by atoms with van der Waals surface area (Å²) in [4.78, 5) is 16.7. The monoisotopic (exact) mass is 309 g/mol. The Morgan fingerprint density at radius 3 is 2.90 bits per heavy atom. The molecule has 0 saturated carbocycles. The molecule has 1 atom stereocenters. The van der Waals surface area contributed by atoms with Crippen molar-refractivity contribution >= 4 is 28.5 Å². The molecule has 0 spiro atoms. The molecule has 0 aliphatic carbocycles. The summed E-state index contributed by atoms with van der Waals surface area (Å²) in [6.07, 6.45) is 0.905. The minimum Gasteiger partial charge on any atom is -0.497 e. The van der Waals surface area contributed by atoms with Gasteiger partial charge in [0.2, 0.25) is 5.91 Å².